The Hall–Kier alpha value is -3.42. The fourth-order valence-electron chi connectivity index (χ4n) is 6.66. The number of rotatable bonds is 9. The number of carbonyl (C=O) groups excluding carboxylic acids is 1. The minimum absolute atomic E-state index is 0.0508. The molecule has 4 atom stereocenters. The standard InChI is InChI=1S/C34H36F5N3O4/c35-28-27(29(36)31(38)32(39)30(28)37)33(44)40-23-6-3-5-22(15-23)34-45-25(16-26(46-34)21-10-8-20(19-43)9-11-21)18-42-14-4-7-24(42)17-41-12-1-2-13-41/h3,5-6,8-11,15,24-26,34,43H,1-2,4,7,12-14,16-19H2,(H,40,44). The molecule has 0 radical (unpaired) electrons. The summed E-state index contributed by atoms with van der Waals surface area (Å²) in [5.41, 5.74) is 0.638. The van der Waals surface area contributed by atoms with Crippen molar-refractivity contribution in [1.82, 2.24) is 9.80 Å². The molecule has 3 aliphatic rings. The van der Waals surface area contributed by atoms with Crippen molar-refractivity contribution in [3.05, 3.63) is 99.9 Å². The number of benzene rings is 3. The van der Waals surface area contributed by atoms with Crippen LogP contribution in [0.4, 0.5) is 27.6 Å². The molecule has 0 saturated carbocycles. The Balaban J connectivity index is 1.22. The lowest BCUT2D eigenvalue weighted by molar-refractivity contribution is -0.253. The topological polar surface area (TPSA) is 74.3 Å². The molecule has 12 heteroatoms. The van der Waals surface area contributed by atoms with Gasteiger partial charge in [0.05, 0.1) is 18.8 Å². The Morgan fingerprint density at radius 1 is 0.826 bits per heavy atom. The SMILES string of the molecule is O=C(Nc1cccc(C2OC(CN3CCCC3CN3CCCC3)CC(c3ccc(CO)cc3)O2)c1)c1c(F)c(F)c(F)c(F)c1F. The number of amides is 1. The molecule has 46 heavy (non-hydrogen) atoms. The zero-order valence-electron chi connectivity index (χ0n) is 25.2. The highest BCUT2D eigenvalue weighted by molar-refractivity contribution is 6.04. The molecule has 3 saturated heterocycles. The number of hydrogen-bond acceptors (Lipinski definition) is 6. The van der Waals surface area contributed by atoms with Gasteiger partial charge < -0.3 is 24.8 Å². The molecular weight excluding hydrogens is 609 g/mol. The van der Waals surface area contributed by atoms with E-state index in [2.05, 4.69) is 15.1 Å². The molecule has 246 valence electrons. The van der Waals surface area contributed by atoms with Crippen molar-refractivity contribution >= 4 is 11.6 Å². The van der Waals surface area contributed by atoms with E-state index in [1.807, 2.05) is 24.3 Å². The summed E-state index contributed by atoms with van der Waals surface area (Å²) in [6.07, 6.45) is 3.83. The molecule has 4 unspecified atom stereocenters. The maximum absolute atomic E-state index is 14.3. The molecule has 3 aromatic carbocycles. The summed E-state index contributed by atoms with van der Waals surface area (Å²) >= 11 is 0. The third kappa shape index (κ3) is 6.96. The number of halogens is 5. The zero-order chi connectivity index (χ0) is 32.4. The number of hydrogen-bond donors (Lipinski definition) is 2. The second-order valence-electron chi connectivity index (χ2n) is 12.2. The highest BCUT2D eigenvalue weighted by atomic mass is 19.2. The average molecular weight is 646 g/mol. The van der Waals surface area contributed by atoms with Crippen molar-refractivity contribution in [3.8, 4) is 0 Å². The molecule has 0 aromatic heterocycles. The molecule has 1 amide bonds. The minimum atomic E-state index is -2.34. The van der Waals surface area contributed by atoms with Crippen LogP contribution in [0.3, 0.4) is 0 Å². The normalized spacial score (nSPS) is 24.0. The summed E-state index contributed by atoms with van der Waals surface area (Å²) < 4.78 is 82.5. The predicted molar refractivity (Wildman–Crippen MR) is 159 cm³/mol. The fourth-order valence-corrected chi connectivity index (χ4v) is 6.66. The van der Waals surface area contributed by atoms with Crippen molar-refractivity contribution in [1.29, 1.82) is 0 Å². The quantitative estimate of drug-likeness (QED) is 0.163. The molecule has 0 bridgehead atoms. The number of nitrogens with one attached hydrogen (secondary N) is 1. The molecule has 3 aliphatic heterocycles. The van der Waals surface area contributed by atoms with Gasteiger partial charge in [-0.3, -0.25) is 9.69 Å². The second kappa shape index (κ2) is 14.1. The van der Waals surface area contributed by atoms with Crippen molar-refractivity contribution < 1.29 is 41.3 Å². The summed E-state index contributed by atoms with van der Waals surface area (Å²) in [7, 11) is 0. The van der Waals surface area contributed by atoms with E-state index in [1.54, 1.807) is 12.1 Å². The minimum Gasteiger partial charge on any atom is -0.392 e. The van der Waals surface area contributed by atoms with E-state index in [-0.39, 0.29) is 24.5 Å². The first-order valence-corrected chi connectivity index (χ1v) is 15.6. The summed E-state index contributed by atoms with van der Waals surface area (Å²) in [4.78, 5) is 17.7. The lowest BCUT2D eigenvalue weighted by Crippen LogP contribution is -2.45. The molecule has 6 rings (SSSR count). The lowest BCUT2D eigenvalue weighted by atomic mass is 9.99. The smallest absolute Gasteiger partial charge is 0.261 e. The monoisotopic (exact) mass is 645 g/mol. The number of carbonyl (C=O) groups is 1. The molecule has 3 fully saturated rings. The average Bonchev–Trinajstić information content (AvgIpc) is 3.75. The highest BCUT2D eigenvalue weighted by Crippen LogP contribution is 2.39. The first-order chi connectivity index (χ1) is 22.2. The summed E-state index contributed by atoms with van der Waals surface area (Å²) in [5, 5.41) is 11.7. The fraction of sp³-hybridized carbons (Fsp3) is 0.441. The van der Waals surface area contributed by atoms with E-state index >= 15 is 0 Å². The molecule has 3 heterocycles. The van der Waals surface area contributed by atoms with Crippen LogP contribution in [0.2, 0.25) is 0 Å². The number of ether oxygens (including phenoxy) is 2. The van der Waals surface area contributed by atoms with E-state index in [0.29, 0.717) is 24.6 Å². The van der Waals surface area contributed by atoms with E-state index in [1.165, 1.54) is 25.0 Å². The van der Waals surface area contributed by atoms with E-state index in [4.69, 9.17) is 9.47 Å². The molecule has 0 aliphatic carbocycles. The first-order valence-electron chi connectivity index (χ1n) is 15.6. The van der Waals surface area contributed by atoms with E-state index in [0.717, 1.165) is 50.1 Å². The van der Waals surface area contributed by atoms with E-state index in [9.17, 15) is 31.9 Å². The summed E-state index contributed by atoms with van der Waals surface area (Å²) in [5.74, 6) is -12.7. The van der Waals surface area contributed by atoms with Crippen molar-refractivity contribution in [2.75, 3.05) is 38.0 Å². The van der Waals surface area contributed by atoms with Crippen LogP contribution >= 0.6 is 0 Å². The van der Waals surface area contributed by atoms with Gasteiger partial charge in [0.15, 0.2) is 29.6 Å². The Bertz CT molecular complexity index is 1520. The molecule has 3 aromatic rings. The lowest BCUT2D eigenvalue weighted by Gasteiger charge is -2.39. The van der Waals surface area contributed by atoms with E-state index < -0.39 is 46.8 Å². The molecule has 0 spiro atoms. The van der Waals surface area contributed by atoms with Gasteiger partial charge in [-0.05, 0) is 68.6 Å². The maximum atomic E-state index is 14.3. The number of aliphatic hydroxyl groups excluding tert-OH is 1. The van der Waals surface area contributed by atoms with Gasteiger partial charge in [0.25, 0.3) is 5.91 Å². The Morgan fingerprint density at radius 2 is 1.52 bits per heavy atom. The highest BCUT2D eigenvalue weighted by Gasteiger charge is 2.36. The van der Waals surface area contributed by atoms with Gasteiger partial charge in [0.2, 0.25) is 5.82 Å². The maximum Gasteiger partial charge on any atom is 0.261 e. The van der Waals surface area contributed by atoms with Crippen molar-refractivity contribution in [3.63, 3.8) is 0 Å². The van der Waals surface area contributed by atoms with Gasteiger partial charge >= 0.3 is 0 Å². The van der Waals surface area contributed by atoms with Crippen LogP contribution in [-0.4, -0.2) is 65.7 Å². The number of nitrogens with zero attached hydrogens (tertiary/aromatic N) is 2. The molecule has 2 N–H and O–H groups in total. The second-order valence-corrected chi connectivity index (χ2v) is 12.2. The number of aliphatic hydroxyl groups is 1. The van der Waals surface area contributed by atoms with Crippen molar-refractivity contribution in [2.45, 2.75) is 63.3 Å². The molecule has 7 nitrogen and oxygen atoms in total. The first kappa shape index (κ1) is 32.5. The van der Waals surface area contributed by atoms with Gasteiger partial charge in [-0.1, -0.05) is 36.4 Å². The van der Waals surface area contributed by atoms with Crippen LogP contribution in [-0.2, 0) is 16.1 Å². The van der Waals surface area contributed by atoms with Gasteiger partial charge in [-0.2, -0.15) is 0 Å². The predicted octanol–water partition coefficient (Wildman–Crippen LogP) is 6.23. The Morgan fingerprint density at radius 3 is 2.22 bits per heavy atom. The van der Waals surface area contributed by atoms with Gasteiger partial charge in [0.1, 0.15) is 5.56 Å². The van der Waals surface area contributed by atoms with Gasteiger partial charge in [-0.15, -0.1) is 0 Å². The van der Waals surface area contributed by atoms with Crippen LogP contribution in [0.25, 0.3) is 0 Å². The van der Waals surface area contributed by atoms with Crippen LogP contribution in [0, 0.1) is 29.1 Å². The summed E-state index contributed by atoms with van der Waals surface area (Å²) in [6, 6.07) is 14.1. The van der Waals surface area contributed by atoms with Crippen LogP contribution in [0.15, 0.2) is 48.5 Å². The zero-order valence-corrected chi connectivity index (χ0v) is 25.2. The largest absolute Gasteiger partial charge is 0.392 e. The summed E-state index contributed by atoms with van der Waals surface area (Å²) in [6.45, 7) is 4.87. The van der Waals surface area contributed by atoms with Gasteiger partial charge in [-0.25, -0.2) is 22.0 Å². The number of likely N-dealkylation sites (tertiary alicyclic amines) is 2. The number of anilines is 1. The Labute approximate surface area is 263 Å². The Kier molecular flexibility index (Phi) is 10.00. The van der Waals surface area contributed by atoms with Crippen LogP contribution in [0.5, 0.6) is 0 Å². The van der Waals surface area contributed by atoms with Gasteiger partial charge in [0, 0.05) is 36.8 Å². The molecular formula is C34H36F5N3O4. The third-order valence-electron chi connectivity index (χ3n) is 9.07. The van der Waals surface area contributed by atoms with Crippen LogP contribution < -0.4 is 5.32 Å². The van der Waals surface area contributed by atoms with Crippen molar-refractivity contribution in [2.24, 2.45) is 0 Å². The van der Waals surface area contributed by atoms with Crippen LogP contribution in [0.1, 0.15) is 71.5 Å². The third-order valence-corrected chi connectivity index (χ3v) is 9.07.